The Hall–Kier alpha value is -0.240. The predicted molar refractivity (Wildman–Crippen MR) is 90.1 cm³/mol. The maximum atomic E-state index is 3.59. The first-order chi connectivity index (χ1) is 10.4. The van der Waals surface area contributed by atoms with Crippen LogP contribution in [0.2, 0.25) is 0 Å². The monoisotopic (exact) mass is 526 g/mol. The van der Waals surface area contributed by atoms with Crippen molar-refractivity contribution in [2.75, 3.05) is 0 Å². The molecule has 0 nitrogen and oxygen atoms in total. The van der Waals surface area contributed by atoms with Crippen molar-refractivity contribution in [2.24, 2.45) is 5.92 Å². The van der Waals surface area contributed by atoms with E-state index in [1.54, 1.807) is 0 Å². The van der Waals surface area contributed by atoms with Crippen LogP contribution in [-0.2, 0) is 25.8 Å². The molecule has 0 spiro atoms. The first-order valence-electron chi connectivity index (χ1n) is 8.30. The fourth-order valence-corrected chi connectivity index (χ4v) is 3.55. The summed E-state index contributed by atoms with van der Waals surface area (Å²) >= 11 is 0. The van der Waals surface area contributed by atoms with E-state index in [-0.39, 0.29) is 50.7 Å². The summed E-state index contributed by atoms with van der Waals surface area (Å²) in [6.45, 7) is 0. The molecule has 0 radical (unpaired) electrons. The second-order valence-corrected chi connectivity index (χ2v) is 6.13. The van der Waals surface area contributed by atoms with Gasteiger partial charge in [-0.1, -0.05) is 62.6 Å². The average molecular weight is 526 g/mol. The van der Waals surface area contributed by atoms with E-state index >= 15 is 0 Å². The van der Waals surface area contributed by atoms with Gasteiger partial charge in [-0.15, -0.1) is 11.6 Å². The molecule has 1 unspecified atom stereocenters. The summed E-state index contributed by atoms with van der Waals surface area (Å²) in [5.74, 6) is 1.44. The third-order valence-corrected chi connectivity index (χ3v) is 4.68. The smallest absolute Gasteiger partial charge is 1.00 e. The van der Waals surface area contributed by atoms with Crippen molar-refractivity contribution in [3.8, 4) is 0 Å². The zero-order valence-electron chi connectivity index (χ0n) is 13.9. The molecule has 1 fully saturated rings. The van der Waals surface area contributed by atoms with Crippen LogP contribution >= 0.6 is 0 Å². The molecule has 2 aromatic carbocycles. The zero-order chi connectivity index (χ0) is 14.3. The van der Waals surface area contributed by atoms with Crippen molar-refractivity contribution in [3.05, 3.63) is 71.8 Å². The Morgan fingerprint density at radius 1 is 0.833 bits per heavy atom. The van der Waals surface area contributed by atoms with E-state index in [9.17, 15) is 0 Å². The van der Waals surface area contributed by atoms with Gasteiger partial charge < -0.3 is 24.8 Å². The Labute approximate surface area is 178 Å². The zero-order valence-corrected chi connectivity index (χ0v) is 19.0. The number of allylic oxidation sites excluding steroid dienone is 1. The molecule has 2 aliphatic rings. The van der Waals surface area contributed by atoms with Crippen LogP contribution in [0.5, 0.6) is 0 Å². The summed E-state index contributed by atoms with van der Waals surface area (Å²) in [4.78, 5) is 0. The van der Waals surface area contributed by atoms with Crippen molar-refractivity contribution in [3.63, 3.8) is 0 Å². The molecule has 0 saturated heterocycles. The van der Waals surface area contributed by atoms with E-state index in [2.05, 4.69) is 36.4 Å². The fraction of sp³-hybridized carbons (Fsp3) is 0.381. The van der Waals surface area contributed by atoms with Gasteiger partial charge in [0.2, 0.25) is 0 Å². The van der Waals surface area contributed by atoms with Gasteiger partial charge in [-0.3, -0.25) is 6.08 Å². The van der Waals surface area contributed by atoms with Gasteiger partial charge in [-0.05, 0) is 5.92 Å². The Morgan fingerprint density at radius 3 is 2.04 bits per heavy atom. The molecule has 4 rings (SSSR count). The minimum Gasteiger partial charge on any atom is -1.00 e. The molecule has 3 heteroatoms. The van der Waals surface area contributed by atoms with E-state index in [1.165, 1.54) is 49.7 Å². The molecular weight excluding hydrogens is 502 g/mol. The number of hydrogen-bond acceptors (Lipinski definition) is 0. The van der Waals surface area contributed by atoms with E-state index < -0.39 is 0 Å². The third-order valence-electron chi connectivity index (χ3n) is 4.68. The first-order valence-corrected chi connectivity index (χ1v) is 8.30. The van der Waals surface area contributed by atoms with Crippen LogP contribution < -0.4 is 24.8 Å². The Morgan fingerprint density at radius 2 is 1.46 bits per heavy atom. The van der Waals surface area contributed by atoms with Crippen LogP contribution in [0.4, 0.5) is 0 Å². The summed E-state index contributed by atoms with van der Waals surface area (Å²) in [6, 6.07) is 18.8. The van der Waals surface area contributed by atoms with Gasteiger partial charge in [0.05, 0.1) is 0 Å². The standard InChI is InChI=1S/C16H19.C5H5.2ClH.Hf/c1-2-4-8-13(7-3-1)16-12-11-14-9-5-6-10-15(14)16;1-2-4-5-3-1;;;/h5-6,9-11,13,16H,1-4,7-8H2;1-5H;2*1H;/q2*-1;;;+4/p-2. The summed E-state index contributed by atoms with van der Waals surface area (Å²) in [5.41, 5.74) is 2.92. The predicted octanol–water partition coefficient (Wildman–Crippen LogP) is -0.0184. The van der Waals surface area contributed by atoms with Crippen molar-refractivity contribution < 1.29 is 50.7 Å². The van der Waals surface area contributed by atoms with Crippen LogP contribution in [0.15, 0.2) is 54.6 Å². The molecule has 1 atom stereocenters. The topological polar surface area (TPSA) is 0 Å². The summed E-state index contributed by atoms with van der Waals surface area (Å²) in [7, 11) is 0. The van der Waals surface area contributed by atoms with Gasteiger partial charge in [-0.25, -0.2) is 18.2 Å². The fourth-order valence-electron chi connectivity index (χ4n) is 3.55. The van der Waals surface area contributed by atoms with Gasteiger partial charge in [0.1, 0.15) is 0 Å². The number of halogens is 2. The molecule has 1 saturated carbocycles. The molecule has 0 aliphatic heterocycles. The molecule has 126 valence electrons. The molecule has 0 aromatic heterocycles. The average Bonchev–Trinajstić information content (AvgIpc) is 3.16. The molecular formula is C21H24Cl2Hf. The normalized spacial score (nSPS) is 18.6. The molecule has 2 aliphatic carbocycles. The number of rotatable bonds is 1. The molecule has 0 bridgehead atoms. The first kappa shape index (κ1) is 23.8. The largest absolute Gasteiger partial charge is 4.00 e. The Kier molecular flexibility index (Phi) is 12.9. The SMILES string of the molecule is [C-]1=Cc2ccccc2C1C1CCCCCC1.[Cl-].[Cl-].[Hf+4].c1cc[cH-]c1. The maximum absolute atomic E-state index is 3.59. The third kappa shape index (κ3) is 6.58. The van der Waals surface area contributed by atoms with E-state index in [4.69, 9.17) is 0 Å². The van der Waals surface area contributed by atoms with E-state index in [0.29, 0.717) is 5.92 Å². The van der Waals surface area contributed by atoms with Crippen molar-refractivity contribution in [1.29, 1.82) is 0 Å². The summed E-state index contributed by atoms with van der Waals surface area (Å²) < 4.78 is 0. The van der Waals surface area contributed by atoms with E-state index in [1.807, 2.05) is 30.3 Å². The van der Waals surface area contributed by atoms with Crippen LogP contribution in [0.3, 0.4) is 0 Å². The molecule has 24 heavy (non-hydrogen) atoms. The maximum Gasteiger partial charge on any atom is 4.00 e. The van der Waals surface area contributed by atoms with Crippen molar-refractivity contribution in [2.45, 2.75) is 44.4 Å². The van der Waals surface area contributed by atoms with Crippen LogP contribution in [-0.4, -0.2) is 0 Å². The number of hydrogen-bond donors (Lipinski definition) is 0. The van der Waals surface area contributed by atoms with Gasteiger partial charge in [0, 0.05) is 0 Å². The molecule has 0 heterocycles. The van der Waals surface area contributed by atoms with Crippen LogP contribution in [0, 0.1) is 12.0 Å². The van der Waals surface area contributed by atoms with Crippen molar-refractivity contribution >= 4 is 6.08 Å². The Bertz CT molecular complexity index is 538. The van der Waals surface area contributed by atoms with Gasteiger partial charge in [0.15, 0.2) is 0 Å². The van der Waals surface area contributed by atoms with Crippen LogP contribution in [0.25, 0.3) is 6.08 Å². The second kappa shape index (κ2) is 13.0. The van der Waals surface area contributed by atoms with Gasteiger partial charge >= 0.3 is 25.8 Å². The number of benzene rings is 1. The quantitative estimate of drug-likeness (QED) is 0.279. The van der Waals surface area contributed by atoms with Crippen LogP contribution in [0.1, 0.15) is 55.6 Å². The Balaban J connectivity index is 0.000000578. The number of fused-ring (bicyclic) bond motifs is 1. The van der Waals surface area contributed by atoms with Crippen molar-refractivity contribution in [1.82, 2.24) is 0 Å². The molecule has 0 N–H and O–H groups in total. The summed E-state index contributed by atoms with van der Waals surface area (Å²) in [5, 5.41) is 0. The molecule has 0 amide bonds. The molecule has 2 aromatic rings. The minimum atomic E-state index is 0. The van der Waals surface area contributed by atoms with Gasteiger partial charge in [-0.2, -0.15) is 23.8 Å². The second-order valence-electron chi connectivity index (χ2n) is 6.13. The van der Waals surface area contributed by atoms with Gasteiger partial charge in [0.25, 0.3) is 0 Å². The summed E-state index contributed by atoms with van der Waals surface area (Å²) in [6.07, 6.45) is 14.3. The minimum absolute atomic E-state index is 0. The van der Waals surface area contributed by atoms with E-state index in [0.717, 1.165) is 5.92 Å².